The summed E-state index contributed by atoms with van der Waals surface area (Å²) in [7, 11) is 1.90. The van der Waals surface area contributed by atoms with E-state index in [1.807, 2.05) is 7.05 Å². The summed E-state index contributed by atoms with van der Waals surface area (Å²) in [5, 5.41) is 3.05. The van der Waals surface area contributed by atoms with Crippen molar-refractivity contribution in [2.75, 3.05) is 66.0 Å². The van der Waals surface area contributed by atoms with E-state index in [0.29, 0.717) is 12.3 Å². The quantitative estimate of drug-likeness (QED) is 0.773. The molecule has 0 aliphatic carbocycles. The molecule has 5 nitrogen and oxygen atoms in total. The average molecular weight is 296 g/mol. The van der Waals surface area contributed by atoms with Gasteiger partial charge in [0.1, 0.15) is 0 Å². The number of amides is 1. The first kappa shape index (κ1) is 16.7. The van der Waals surface area contributed by atoms with Gasteiger partial charge in [0, 0.05) is 58.8 Å². The highest BCUT2D eigenvalue weighted by molar-refractivity contribution is 5.76. The van der Waals surface area contributed by atoms with Crippen LogP contribution in [0, 0.1) is 5.92 Å². The zero-order chi connectivity index (χ0) is 15.1. The number of likely N-dealkylation sites (tertiary alicyclic amines) is 1. The zero-order valence-corrected chi connectivity index (χ0v) is 13.8. The Kier molecular flexibility index (Phi) is 6.93. The van der Waals surface area contributed by atoms with E-state index in [4.69, 9.17) is 0 Å². The predicted molar refractivity (Wildman–Crippen MR) is 86.4 cm³/mol. The van der Waals surface area contributed by atoms with Crippen LogP contribution in [-0.2, 0) is 4.79 Å². The molecule has 0 aromatic carbocycles. The lowest BCUT2D eigenvalue weighted by Crippen LogP contribution is -2.49. The predicted octanol–water partition coefficient (Wildman–Crippen LogP) is 0.472. The molecular weight excluding hydrogens is 264 g/mol. The van der Waals surface area contributed by atoms with Crippen molar-refractivity contribution in [3.05, 3.63) is 0 Å². The Labute approximate surface area is 129 Å². The van der Waals surface area contributed by atoms with Crippen LogP contribution in [-0.4, -0.2) is 86.6 Å². The largest absolute Gasteiger partial charge is 0.343 e. The van der Waals surface area contributed by atoms with Crippen molar-refractivity contribution < 1.29 is 4.79 Å². The molecule has 2 saturated heterocycles. The fraction of sp³-hybridized carbons (Fsp3) is 0.938. The fourth-order valence-electron chi connectivity index (χ4n) is 3.41. The Bertz CT molecular complexity index is 307. The number of carbonyl (C=O) groups excluding carboxylic acids is 1. The van der Waals surface area contributed by atoms with Gasteiger partial charge >= 0.3 is 0 Å². The standard InChI is InChI=1S/C16H32N4O/c1-3-18-10-12-19(13-11-18)14-15-5-8-20(9-6-15)16(21)4-7-17-2/h15,17H,3-14H2,1-2H3. The smallest absolute Gasteiger partial charge is 0.223 e. The van der Waals surface area contributed by atoms with Gasteiger partial charge in [-0.1, -0.05) is 6.92 Å². The SMILES string of the molecule is CCN1CCN(CC2CCN(C(=O)CCNC)CC2)CC1. The highest BCUT2D eigenvalue weighted by atomic mass is 16.2. The molecule has 0 atom stereocenters. The first-order chi connectivity index (χ1) is 10.2. The van der Waals surface area contributed by atoms with Crippen LogP contribution in [0.3, 0.4) is 0 Å². The van der Waals surface area contributed by atoms with E-state index >= 15 is 0 Å². The maximum absolute atomic E-state index is 12.0. The normalized spacial score (nSPS) is 22.7. The number of hydrogen-bond donors (Lipinski definition) is 1. The number of hydrogen-bond acceptors (Lipinski definition) is 4. The van der Waals surface area contributed by atoms with Gasteiger partial charge in [0.2, 0.25) is 5.91 Å². The van der Waals surface area contributed by atoms with Gasteiger partial charge in [0.15, 0.2) is 0 Å². The maximum atomic E-state index is 12.0. The molecule has 0 aromatic heterocycles. The van der Waals surface area contributed by atoms with E-state index in [-0.39, 0.29) is 0 Å². The number of rotatable bonds is 6. The Balaban J connectivity index is 1.64. The van der Waals surface area contributed by atoms with E-state index in [2.05, 4.69) is 26.9 Å². The minimum atomic E-state index is 0.319. The van der Waals surface area contributed by atoms with E-state index in [1.54, 1.807) is 0 Å². The molecule has 0 unspecified atom stereocenters. The summed E-state index contributed by atoms with van der Waals surface area (Å²) < 4.78 is 0. The molecule has 0 saturated carbocycles. The molecule has 2 heterocycles. The monoisotopic (exact) mass is 296 g/mol. The molecule has 0 spiro atoms. The topological polar surface area (TPSA) is 38.8 Å². The maximum Gasteiger partial charge on any atom is 0.223 e. The molecule has 2 rings (SSSR count). The Morgan fingerprint density at radius 3 is 2.24 bits per heavy atom. The van der Waals surface area contributed by atoms with Crippen LogP contribution in [0.2, 0.25) is 0 Å². The van der Waals surface area contributed by atoms with Gasteiger partial charge in [0.25, 0.3) is 0 Å². The van der Waals surface area contributed by atoms with Crippen LogP contribution in [0.15, 0.2) is 0 Å². The molecule has 2 aliphatic heterocycles. The summed E-state index contributed by atoms with van der Waals surface area (Å²) in [6.07, 6.45) is 3.00. The molecule has 0 radical (unpaired) electrons. The Hall–Kier alpha value is -0.650. The van der Waals surface area contributed by atoms with Gasteiger partial charge in [0.05, 0.1) is 0 Å². The molecule has 122 valence electrons. The number of carbonyl (C=O) groups is 1. The molecule has 5 heteroatoms. The first-order valence-electron chi connectivity index (χ1n) is 8.60. The number of piperazine rings is 1. The van der Waals surface area contributed by atoms with Crippen molar-refractivity contribution >= 4 is 5.91 Å². The summed E-state index contributed by atoms with van der Waals surface area (Å²) in [5.41, 5.74) is 0. The third kappa shape index (κ3) is 5.24. The van der Waals surface area contributed by atoms with Crippen molar-refractivity contribution in [3.8, 4) is 0 Å². The molecule has 2 fully saturated rings. The second-order valence-corrected chi connectivity index (χ2v) is 6.41. The lowest BCUT2D eigenvalue weighted by Gasteiger charge is -2.38. The summed E-state index contributed by atoms with van der Waals surface area (Å²) in [4.78, 5) is 19.2. The summed E-state index contributed by atoms with van der Waals surface area (Å²) in [6.45, 7) is 12.2. The van der Waals surface area contributed by atoms with E-state index < -0.39 is 0 Å². The second kappa shape index (κ2) is 8.71. The highest BCUT2D eigenvalue weighted by Crippen LogP contribution is 2.19. The van der Waals surface area contributed by atoms with Crippen LogP contribution in [0.25, 0.3) is 0 Å². The van der Waals surface area contributed by atoms with Gasteiger partial charge in [-0.05, 0) is 32.4 Å². The van der Waals surface area contributed by atoms with E-state index in [9.17, 15) is 4.79 Å². The molecule has 0 bridgehead atoms. The third-order valence-electron chi connectivity index (χ3n) is 4.98. The van der Waals surface area contributed by atoms with E-state index in [1.165, 1.54) is 52.1 Å². The molecule has 1 amide bonds. The molecular formula is C16H32N4O. The van der Waals surface area contributed by atoms with Crippen molar-refractivity contribution in [1.82, 2.24) is 20.0 Å². The Morgan fingerprint density at radius 2 is 1.67 bits per heavy atom. The number of nitrogens with one attached hydrogen (secondary N) is 1. The third-order valence-corrected chi connectivity index (χ3v) is 4.98. The van der Waals surface area contributed by atoms with Crippen LogP contribution in [0.4, 0.5) is 0 Å². The van der Waals surface area contributed by atoms with Crippen LogP contribution < -0.4 is 5.32 Å². The van der Waals surface area contributed by atoms with Crippen molar-refractivity contribution in [2.45, 2.75) is 26.2 Å². The summed E-state index contributed by atoms with van der Waals surface area (Å²) in [5.74, 6) is 1.10. The van der Waals surface area contributed by atoms with Gasteiger partial charge in [-0.15, -0.1) is 0 Å². The van der Waals surface area contributed by atoms with Crippen molar-refractivity contribution in [1.29, 1.82) is 0 Å². The molecule has 2 aliphatic rings. The summed E-state index contributed by atoms with van der Waals surface area (Å²) >= 11 is 0. The number of nitrogens with zero attached hydrogens (tertiary/aromatic N) is 3. The minimum absolute atomic E-state index is 0.319. The van der Waals surface area contributed by atoms with Gasteiger partial charge in [-0.3, -0.25) is 4.79 Å². The zero-order valence-electron chi connectivity index (χ0n) is 13.8. The van der Waals surface area contributed by atoms with Gasteiger partial charge < -0.3 is 20.0 Å². The second-order valence-electron chi connectivity index (χ2n) is 6.41. The number of piperidine rings is 1. The first-order valence-corrected chi connectivity index (χ1v) is 8.60. The average Bonchev–Trinajstić information content (AvgIpc) is 2.54. The Morgan fingerprint density at radius 1 is 1.05 bits per heavy atom. The van der Waals surface area contributed by atoms with Crippen LogP contribution >= 0.6 is 0 Å². The van der Waals surface area contributed by atoms with Crippen molar-refractivity contribution in [2.24, 2.45) is 5.92 Å². The lowest BCUT2D eigenvalue weighted by molar-refractivity contribution is -0.132. The lowest BCUT2D eigenvalue weighted by atomic mass is 9.95. The van der Waals surface area contributed by atoms with Gasteiger partial charge in [-0.2, -0.15) is 0 Å². The fourth-order valence-corrected chi connectivity index (χ4v) is 3.41. The van der Waals surface area contributed by atoms with Gasteiger partial charge in [-0.25, -0.2) is 0 Å². The van der Waals surface area contributed by atoms with Crippen LogP contribution in [0.5, 0.6) is 0 Å². The summed E-state index contributed by atoms with van der Waals surface area (Å²) in [6, 6.07) is 0. The van der Waals surface area contributed by atoms with Crippen LogP contribution in [0.1, 0.15) is 26.2 Å². The van der Waals surface area contributed by atoms with Crippen molar-refractivity contribution in [3.63, 3.8) is 0 Å². The number of likely N-dealkylation sites (N-methyl/N-ethyl adjacent to an activating group) is 1. The minimum Gasteiger partial charge on any atom is -0.343 e. The molecule has 21 heavy (non-hydrogen) atoms. The molecule has 0 aromatic rings. The van der Waals surface area contributed by atoms with E-state index in [0.717, 1.165) is 25.6 Å². The highest BCUT2D eigenvalue weighted by Gasteiger charge is 2.25. The molecule has 1 N–H and O–H groups in total.